The molecular weight excluding hydrogens is 204 g/mol. The molecule has 0 amide bonds. The van der Waals surface area contributed by atoms with Gasteiger partial charge in [0.25, 0.3) is 0 Å². The number of hydrogen-bond acceptors (Lipinski definition) is 4. The molecule has 0 unspecified atom stereocenters. The van der Waals surface area contributed by atoms with E-state index >= 15 is 0 Å². The Morgan fingerprint density at radius 2 is 2.62 bits per heavy atom. The summed E-state index contributed by atoms with van der Waals surface area (Å²) in [5.41, 5.74) is 3.56. The molecule has 0 saturated heterocycles. The van der Waals surface area contributed by atoms with E-state index < -0.39 is 0 Å². The monoisotopic (exact) mass is 214 g/mol. The number of aromatic nitrogens is 2. The van der Waals surface area contributed by atoms with Crippen molar-refractivity contribution < 1.29 is 0 Å². The average Bonchev–Trinajstić information content (AvgIpc) is 2.51. The van der Waals surface area contributed by atoms with Crippen molar-refractivity contribution in [3.8, 4) is 0 Å². The lowest BCUT2D eigenvalue weighted by molar-refractivity contribution is 1.07. The third-order valence-electron chi connectivity index (χ3n) is 1.27. The van der Waals surface area contributed by atoms with E-state index in [1.807, 2.05) is 13.2 Å². The molecular formula is C7H10N4S2. The van der Waals surface area contributed by atoms with Gasteiger partial charge in [-0.1, -0.05) is 24.0 Å². The Kier molecular flexibility index (Phi) is 3.91. The number of thiocarbonyl (C=S) groups is 1. The van der Waals surface area contributed by atoms with Crippen LogP contribution in [0.5, 0.6) is 0 Å². The van der Waals surface area contributed by atoms with Crippen molar-refractivity contribution in [1.29, 1.82) is 0 Å². The van der Waals surface area contributed by atoms with E-state index in [0.717, 1.165) is 11.5 Å². The number of rotatable bonds is 2. The van der Waals surface area contributed by atoms with E-state index in [0.29, 0.717) is 4.32 Å². The number of aryl methyl sites for hydroxylation is 1. The number of H-pyrrole nitrogens is 1. The standard InChI is InChI=1S/C7H10N4S2/c1-5-8-3-6(10-5)4-9-11-7(12)13-2/h3-4H,1-2H3,(H,8,10)(H,11,12). The molecule has 0 aromatic carbocycles. The molecule has 1 heterocycles. The van der Waals surface area contributed by atoms with E-state index in [4.69, 9.17) is 12.2 Å². The van der Waals surface area contributed by atoms with E-state index in [-0.39, 0.29) is 0 Å². The van der Waals surface area contributed by atoms with Gasteiger partial charge in [0.05, 0.1) is 18.1 Å². The molecule has 1 aromatic rings. The van der Waals surface area contributed by atoms with Crippen molar-refractivity contribution in [1.82, 2.24) is 15.4 Å². The maximum absolute atomic E-state index is 4.89. The first kappa shape index (κ1) is 10.2. The molecule has 1 rings (SSSR count). The van der Waals surface area contributed by atoms with Gasteiger partial charge in [0.15, 0.2) is 4.32 Å². The van der Waals surface area contributed by atoms with Crippen LogP contribution >= 0.6 is 24.0 Å². The van der Waals surface area contributed by atoms with E-state index in [2.05, 4.69) is 20.5 Å². The topological polar surface area (TPSA) is 53.1 Å². The number of imidazole rings is 1. The number of nitrogens with zero attached hydrogens (tertiary/aromatic N) is 2. The molecule has 0 aliphatic carbocycles. The zero-order chi connectivity index (χ0) is 9.68. The minimum Gasteiger partial charge on any atom is -0.341 e. The van der Waals surface area contributed by atoms with Crippen LogP contribution in [0.2, 0.25) is 0 Å². The fourth-order valence-corrected chi connectivity index (χ4v) is 0.902. The highest BCUT2D eigenvalue weighted by molar-refractivity contribution is 8.22. The summed E-state index contributed by atoms with van der Waals surface area (Å²) in [7, 11) is 0. The van der Waals surface area contributed by atoms with Gasteiger partial charge < -0.3 is 4.98 Å². The predicted molar refractivity (Wildman–Crippen MR) is 60.2 cm³/mol. The van der Waals surface area contributed by atoms with Crippen LogP contribution in [-0.2, 0) is 0 Å². The Morgan fingerprint density at radius 3 is 3.15 bits per heavy atom. The van der Waals surface area contributed by atoms with Crippen molar-refractivity contribution in [2.75, 3.05) is 6.26 Å². The van der Waals surface area contributed by atoms with Crippen LogP contribution in [0.25, 0.3) is 0 Å². The fourth-order valence-electron chi connectivity index (χ4n) is 0.706. The molecule has 2 N–H and O–H groups in total. The van der Waals surface area contributed by atoms with Crippen LogP contribution in [0.3, 0.4) is 0 Å². The van der Waals surface area contributed by atoms with E-state index in [1.54, 1.807) is 12.4 Å². The summed E-state index contributed by atoms with van der Waals surface area (Å²) in [6.45, 7) is 1.89. The highest BCUT2D eigenvalue weighted by Gasteiger charge is 1.91. The fraction of sp³-hybridized carbons (Fsp3) is 0.286. The second kappa shape index (κ2) is 4.98. The smallest absolute Gasteiger partial charge is 0.153 e. The minimum absolute atomic E-state index is 0.646. The number of aromatic amines is 1. The summed E-state index contributed by atoms with van der Waals surface area (Å²) in [6.07, 6.45) is 5.25. The van der Waals surface area contributed by atoms with E-state index in [9.17, 15) is 0 Å². The first-order valence-corrected chi connectivity index (χ1v) is 5.24. The molecule has 0 aliphatic rings. The Bertz CT molecular complexity index is 318. The third-order valence-corrected chi connectivity index (χ3v) is 2.32. The molecule has 0 radical (unpaired) electrons. The summed E-state index contributed by atoms with van der Waals surface area (Å²) in [5.74, 6) is 0.869. The van der Waals surface area contributed by atoms with Gasteiger partial charge in [-0.2, -0.15) is 5.10 Å². The molecule has 0 aliphatic heterocycles. The zero-order valence-corrected chi connectivity index (χ0v) is 9.00. The Hall–Kier alpha value is -0.880. The van der Waals surface area contributed by atoms with Crippen molar-refractivity contribution in [3.05, 3.63) is 17.7 Å². The molecule has 0 atom stereocenters. The summed E-state index contributed by atoms with van der Waals surface area (Å²) < 4.78 is 0.646. The Balaban J connectivity index is 2.45. The first-order valence-electron chi connectivity index (χ1n) is 3.61. The van der Waals surface area contributed by atoms with Crippen LogP contribution < -0.4 is 5.43 Å². The lowest BCUT2D eigenvalue weighted by Crippen LogP contribution is -2.10. The molecule has 1 aromatic heterocycles. The molecule has 0 fully saturated rings. The van der Waals surface area contributed by atoms with Crippen molar-refractivity contribution >= 4 is 34.5 Å². The van der Waals surface area contributed by atoms with Crippen LogP contribution in [-0.4, -0.2) is 26.8 Å². The van der Waals surface area contributed by atoms with Crippen LogP contribution in [0, 0.1) is 6.92 Å². The van der Waals surface area contributed by atoms with Gasteiger partial charge in [0.1, 0.15) is 5.82 Å². The third kappa shape index (κ3) is 3.56. The molecule has 6 heteroatoms. The van der Waals surface area contributed by atoms with Crippen LogP contribution in [0.4, 0.5) is 0 Å². The van der Waals surface area contributed by atoms with Crippen molar-refractivity contribution in [3.63, 3.8) is 0 Å². The maximum Gasteiger partial charge on any atom is 0.153 e. The largest absolute Gasteiger partial charge is 0.341 e. The number of thioether (sulfide) groups is 1. The minimum atomic E-state index is 0.646. The van der Waals surface area contributed by atoms with Crippen LogP contribution in [0.15, 0.2) is 11.3 Å². The van der Waals surface area contributed by atoms with Crippen molar-refractivity contribution in [2.45, 2.75) is 6.92 Å². The van der Waals surface area contributed by atoms with Crippen molar-refractivity contribution in [2.24, 2.45) is 5.10 Å². The normalized spacial score (nSPS) is 10.6. The highest BCUT2D eigenvalue weighted by atomic mass is 32.2. The number of hydrogen-bond donors (Lipinski definition) is 2. The SMILES string of the molecule is CSC(=S)NN=Cc1cnc(C)[nH]1. The molecule has 0 spiro atoms. The summed E-state index contributed by atoms with van der Waals surface area (Å²) in [4.78, 5) is 7.04. The van der Waals surface area contributed by atoms with Gasteiger partial charge in [-0.15, -0.1) is 0 Å². The van der Waals surface area contributed by atoms with Crippen LogP contribution in [0.1, 0.15) is 11.5 Å². The van der Waals surface area contributed by atoms with Gasteiger partial charge in [0.2, 0.25) is 0 Å². The van der Waals surface area contributed by atoms with Gasteiger partial charge >= 0.3 is 0 Å². The van der Waals surface area contributed by atoms with E-state index in [1.165, 1.54) is 11.8 Å². The summed E-state index contributed by atoms with van der Waals surface area (Å²) in [6, 6.07) is 0. The number of nitrogens with one attached hydrogen (secondary N) is 2. The molecule has 4 nitrogen and oxygen atoms in total. The molecule has 13 heavy (non-hydrogen) atoms. The summed E-state index contributed by atoms with van der Waals surface area (Å²) >= 11 is 6.33. The van der Waals surface area contributed by atoms with Gasteiger partial charge in [-0.25, -0.2) is 4.98 Å². The second-order valence-electron chi connectivity index (χ2n) is 2.29. The molecule has 0 saturated carbocycles. The number of hydrazone groups is 1. The summed E-state index contributed by atoms with van der Waals surface area (Å²) in [5, 5.41) is 3.92. The van der Waals surface area contributed by atoms with Gasteiger partial charge in [-0.05, 0) is 13.2 Å². The zero-order valence-electron chi connectivity index (χ0n) is 7.37. The lowest BCUT2D eigenvalue weighted by atomic mass is 10.5. The first-order chi connectivity index (χ1) is 6.22. The second-order valence-corrected chi connectivity index (χ2v) is 3.77. The maximum atomic E-state index is 4.89. The quantitative estimate of drug-likeness (QED) is 0.442. The Labute approximate surface area is 86.2 Å². The predicted octanol–water partition coefficient (Wildman–Crippen LogP) is 1.29. The molecule has 0 bridgehead atoms. The highest BCUT2D eigenvalue weighted by Crippen LogP contribution is 1.94. The van der Waals surface area contributed by atoms with Gasteiger partial charge in [0, 0.05) is 0 Å². The van der Waals surface area contributed by atoms with Gasteiger partial charge in [-0.3, -0.25) is 5.43 Å². The molecule has 70 valence electrons. The Morgan fingerprint density at radius 1 is 1.85 bits per heavy atom. The average molecular weight is 214 g/mol. The lowest BCUT2D eigenvalue weighted by Gasteiger charge is -1.94.